The fourth-order valence-electron chi connectivity index (χ4n) is 1.92. The second-order valence-electron chi connectivity index (χ2n) is 3.96. The van der Waals surface area contributed by atoms with Gasteiger partial charge in [-0.25, -0.2) is 0 Å². The Bertz CT molecular complexity index is 203. The van der Waals surface area contributed by atoms with E-state index in [1.165, 1.54) is 0 Å². The molecule has 1 aliphatic rings. The summed E-state index contributed by atoms with van der Waals surface area (Å²) in [7, 11) is 3.39. The number of rotatable bonds is 5. The lowest BCUT2D eigenvalue weighted by Crippen LogP contribution is -2.47. The third kappa shape index (κ3) is 3.77. The summed E-state index contributed by atoms with van der Waals surface area (Å²) in [5.74, 6) is -0.784. The molecule has 0 aromatic carbocycles. The Balaban J connectivity index is 2.31. The Morgan fingerprint density at radius 1 is 1.67 bits per heavy atom. The Hall–Kier alpha value is -0.650. The van der Waals surface area contributed by atoms with E-state index in [1.54, 1.807) is 14.2 Å². The maximum absolute atomic E-state index is 10.8. The number of likely N-dealkylation sites (N-methyl/N-ethyl adjacent to an activating group) is 1. The van der Waals surface area contributed by atoms with Crippen LogP contribution in [0.1, 0.15) is 19.3 Å². The molecule has 1 fully saturated rings. The lowest BCUT2D eigenvalue weighted by atomic mass is 9.97. The largest absolute Gasteiger partial charge is 0.480 e. The molecule has 0 radical (unpaired) electrons. The predicted molar refractivity (Wildman–Crippen MR) is 56.9 cm³/mol. The van der Waals surface area contributed by atoms with E-state index in [-0.39, 0.29) is 12.1 Å². The van der Waals surface area contributed by atoms with Crippen molar-refractivity contribution in [1.29, 1.82) is 0 Å². The number of carbonyl (C=O) groups is 1. The number of piperidine rings is 1. The van der Waals surface area contributed by atoms with Crippen LogP contribution in [-0.2, 0) is 9.53 Å². The lowest BCUT2D eigenvalue weighted by Gasteiger charge is -2.30. The summed E-state index contributed by atoms with van der Waals surface area (Å²) in [6, 6.07) is -0.174. The van der Waals surface area contributed by atoms with Crippen molar-refractivity contribution >= 4 is 5.97 Å². The number of nitrogens with one attached hydrogen (secondary N) is 2. The molecule has 1 aliphatic heterocycles. The molecule has 15 heavy (non-hydrogen) atoms. The normalized spacial score (nSPS) is 28.7. The van der Waals surface area contributed by atoms with Gasteiger partial charge in [0.25, 0.3) is 0 Å². The zero-order valence-corrected chi connectivity index (χ0v) is 9.32. The van der Waals surface area contributed by atoms with Gasteiger partial charge in [-0.1, -0.05) is 0 Å². The van der Waals surface area contributed by atoms with Crippen LogP contribution in [-0.4, -0.2) is 50.0 Å². The summed E-state index contributed by atoms with van der Waals surface area (Å²) in [5.41, 5.74) is 0. The molecule has 3 N–H and O–H groups in total. The van der Waals surface area contributed by atoms with Crippen LogP contribution in [0.5, 0.6) is 0 Å². The third-order valence-electron chi connectivity index (χ3n) is 2.97. The average molecular weight is 216 g/mol. The summed E-state index contributed by atoms with van der Waals surface area (Å²) in [5, 5.41) is 15.0. The van der Waals surface area contributed by atoms with E-state index < -0.39 is 12.0 Å². The van der Waals surface area contributed by atoms with Crippen LogP contribution in [0.25, 0.3) is 0 Å². The van der Waals surface area contributed by atoms with E-state index >= 15 is 0 Å². The van der Waals surface area contributed by atoms with Gasteiger partial charge < -0.3 is 20.5 Å². The lowest BCUT2D eigenvalue weighted by molar-refractivity contribution is -0.139. The number of hydrogen-bond acceptors (Lipinski definition) is 4. The van der Waals surface area contributed by atoms with Crippen LogP contribution in [0.4, 0.5) is 0 Å². The summed E-state index contributed by atoms with van der Waals surface area (Å²) in [6.45, 7) is 0.817. The summed E-state index contributed by atoms with van der Waals surface area (Å²) in [4.78, 5) is 10.8. The molecule has 0 saturated carbocycles. The van der Waals surface area contributed by atoms with E-state index in [0.29, 0.717) is 6.42 Å². The van der Waals surface area contributed by atoms with Crippen molar-refractivity contribution in [3.8, 4) is 0 Å². The molecule has 1 saturated heterocycles. The first kappa shape index (κ1) is 12.4. The van der Waals surface area contributed by atoms with Gasteiger partial charge in [-0.05, 0) is 26.3 Å². The minimum absolute atomic E-state index is 0.277. The van der Waals surface area contributed by atoms with Crippen LogP contribution in [0.3, 0.4) is 0 Å². The first-order chi connectivity index (χ1) is 7.17. The van der Waals surface area contributed by atoms with Crippen LogP contribution >= 0.6 is 0 Å². The Labute approximate surface area is 90.2 Å². The van der Waals surface area contributed by atoms with Crippen molar-refractivity contribution in [2.24, 2.45) is 0 Å². The minimum atomic E-state index is -0.784. The summed E-state index contributed by atoms with van der Waals surface area (Å²) >= 11 is 0. The molecule has 0 bridgehead atoms. The molecule has 0 aromatic rings. The monoisotopic (exact) mass is 216 g/mol. The van der Waals surface area contributed by atoms with Crippen LogP contribution in [0, 0.1) is 0 Å². The second-order valence-corrected chi connectivity index (χ2v) is 3.96. The van der Waals surface area contributed by atoms with Crippen LogP contribution < -0.4 is 10.6 Å². The molecule has 0 spiro atoms. The van der Waals surface area contributed by atoms with Gasteiger partial charge in [-0.3, -0.25) is 4.79 Å². The smallest absolute Gasteiger partial charge is 0.320 e. The van der Waals surface area contributed by atoms with Gasteiger partial charge >= 0.3 is 5.97 Å². The van der Waals surface area contributed by atoms with E-state index in [1.807, 2.05) is 0 Å². The molecule has 3 unspecified atom stereocenters. The van der Waals surface area contributed by atoms with Gasteiger partial charge in [0, 0.05) is 19.7 Å². The van der Waals surface area contributed by atoms with Crippen LogP contribution in [0.2, 0.25) is 0 Å². The number of hydrogen-bond donors (Lipinski definition) is 3. The van der Waals surface area contributed by atoms with E-state index in [9.17, 15) is 4.79 Å². The SMILES string of the molecule is CNC(CC1CCC(OC)CN1)C(=O)O. The highest BCUT2D eigenvalue weighted by molar-refractivity contribution is 5.73. The molecule has 5 nitrogen and oxygen atoms in total. The van der Waals surface area contributed by atoms with E-state index in [4.69, 9.17) is 9.84 Å². The van der Waals surface area contributed by atoms with Crippen molar-refractivity contribution in [3.05, 3.63) is 0 Å². The van der Waals surface area contributed by atoms with Gasteiger partial charge in [0.05, 0.1) is 6.10 Å². The Morgan fingerprint density at radius 2 is 2.40 bits per heavy atom. The molecule has 0 aromatic heterocycles. The van der Waals surface area contributed by atoms with Crippen molar-refractivity contribution < 1.29 is 14.6 Å². The van der Waals surface area contributed by atoms with Crippen molar-refractivity contribution in [1.82, 2.24) is 10.6 Å². The van der Waals surface area contributed by atoms with Gasteiger partial charge in [0.15, 0.2) is 0 Å². The molecule has 3 atom stereocenters. The molecule has 1 heterocycles. The topological polar surface area (TPSA) is 70.6 Å². The highest BCUT2D eigenvalue weighted by atomic mass is 16.5. The Kier molecular flexibility index (Phi) is 5.01. The van der Waals surface area contributed by atoms with Gasteiger partial charge in [0.2, 0.25) is 0 Å². The van der Waals surface area contributed by atoms with E-state index in [0.717, 1.165) is 19.4 Å². The number of ether oxygens (including phenoxy) is 1. The molecular weight excluding hydrogens is 196 g/mol. The number of methoxy groups -OCH3 is 1. The van der Waals surface area contributed by atoms with Gasteiger partial charge in [0.1, 0.15) is 6.04 Å². The van der Waals surface area contributed by atoms with Gasteiger partial charge in [-0.2, -0.15) is 0 Å². The first-order valence-electron chi connectivity index (χ1n) is 5.33. The van der Waals surface area contributed by atoms with Crippen molar-refractivity contribution in [2.45, 2.75) is 37.5 Å². The fourth-order valence-corrected chi connectivity index (χ4v) is 1.92. The second kappa shape index (κ2) is 6.05. The fraction of sp³-hybridized carbons (Fsp3) is 0.900. The number of carboxylic acids is 1. The van der Waals surface area contributed by atoms with Crippen molar-refractivity contribution in [2.75, 3.05) is 20.7 Å². The molecule has 88 valence electrons. The number of carboxylic acid groups (broad SMARTS) is 1. The molecule has 1 rings (SSSR count). The third-order valence-corrected chi connectivity index (χ3v) is 2.97. The van der Waals surface area contributed by atoms with Crippen molar-refractivity contribution in [3.63, 3.8) is 0 Å². The zero-order chi connectivity index (χ0) is 11.3. The summed E-state index contributed by atoms with van der Waals surface area (Å²) in [6.07, 6.45) is 2.88. The quantitative estimate of drug-likeness (QED) is 0.594. The standard InChI is InChI=1S/C10H20N2O3/c1-11-9(10(13)14)5-7-3-4-8(15-2)6-12-7/h7-9,11-12H,3-6H2,1-2H3,(H,13,14). The highest BCUT2D eigenvalue weighted by Gasteiger charge is 2.25. The molecular formula is C10H20N2O3. The van der Waals surface area contributed by atoms with Crippen LogP contribution in [0.15, 0.2) is 0 Å². The first-order valence-corrected chi connectivity index (χ1v) is 5.33. The minimum Gasteiger partial charge on any atom is -0.480 e. The summed E-state index contributed by atoms with van der Waals surface area (Å²) < 4.78 is 5.22. The Morgan fingerprint density at radius 3 is 2.80 bits per heavy atom. The average Bonchev–Trinajstić information content (AvgIpc) is 2.26. The maximum Gasteiger partial charge on any atom is 0.320 e. The molecule has 5 heteroatoms. The zero-order valence-electron chi connectivity index (χ0n) is 9.32. The predicted octanol–water partition coefficient (Wildman–Crippen LogP) is -0.184. The molecule has 0 aliphatic carbocycles. The maximum atomic E-state index is 10.8. The number of aliphatic carboxylic acids is 1. The molecule has 0 amide bonds. The van der Waals surface area contributed by atoms with E-state index in [2.05, 4.69) is 10.6 Å². The highest BCUT2D eigenvalue weighted by Crippen LogP contribution is 2.14. The van der Waals surface area contributed by atoms with Gasteiger partial charge in [-0.15, -0.1) is 0 Å².